The summed E-state index contributed by atoms with van der Waals surface area (Å²) in [6.07, 6.45) is 3.44. The molecule has 0 aliphatic rings. The molecule has 0 N–H and O–H groups in total. The highest BCUT2D eigenvalue weighted by atomic mass is 15.3. The summed E-state index contributed by atoms with van der Waals surface area (Å²) in [4.78, 5) is 8.17. The normalized spacial score (nSPS) is 10.7. The fourth-order valence-electron chi connectivity index (χ4n) is 1.11. The Morgan fingerprint density at radius 3 is 3.00 bits per heavy atom. The van der Waals surface area contributed by atoms with Gasteiger partial charge >= 0.3 is 0 Å². The number of hydrogen-bond donors (Lipinski definition) is 0. The maximum Gasteiger partial charge on any atom is 0.146 e. The SMILES string of the molecule is Cc1nc(C)c2cncn2n1. The van der Waals surface area contributed by atoms with Crippen molar-refractivity contribution >= 4 is 5.52 Å². The summed E-state index contributed by atoms with van der Waals surface area (Å²) in [5, 5.41) is 4.14. The molecule has 0 fully saturated rings. The van der Waals surface area contributed by atoms with Gasteiger partial charge in [0.1, 0.15) is 17.7 Å². The molecule has 4 heteroatoms. The molecule has 56 valence electrons. The quantitative estimate of drug-likeness (QED) is 0.553. The van der Waals surface area contributed by atoms with Crippen LogP contribution in [-0.4, -0.2) is 19.6 Å². The molecule has 0 aliphatic carbocycles. The molecule has 0 amide bonds. The zero-order chi connectivity index (χ0) is 7.84. The Bertz CT molecular complexity index is 390. The summed E-state index contributed by atoms with van der Waals surface area (Å²) in [5.74, 6) is 0.771. The molecule has 0 aliphatic heterocycles. The molecule has 0 aromatic carbocycles. The van der Waals surface area contributed by atoms with Crippen molar-refractivity contribution in [2.75, 3.05) is 0 Å². The van der Waals surface area contributed by atoms with E-state index in [-0.39, 0.29) is 0 Å². The van der Waals surface area contributed by atoms with Crippen LogP contribution in [0, 0.1) is 13.8 Å². The standard InChI is InChI=1S/C7H8N4/c1-5-7-3-8-4-11(7)10-6(2)9-5/h3-4H,1-2H3. The Hall–Kier alpha value is -1.45. The summed E-state index contributed by atoms with van der Waals surface area (Å²) in [7, 11) is 0. The topological polar surface area (TPSA) is 43.1 Å². The fourth-order valence-corrected chi connectivity index (χ4v) is 1.11. The lowest BCUT2D eigenvalue weighted by Crippen LogP contribution is -1.98. The van der Waals surface area contributed by atoms with Gasteiger partial charge in [-0.3, -0.25) is 0 Å². The van der Waals surface area contributed by atoms with Crippen LogP contribution in [0.25, 0.3) is 5.52 Å². The molecule has 0 saturated carbocycles. The molecule has 2 heterocycles. The molecular weight excluding hydrogens is 140 g/mol. The van der Waals surface area contributed by atoms with Gasteiger partial charge in [0.2, 0.25) is 0 Å². The van der Waals surface area contributed by atoms with Crippen LogP contribution in [-0.2, 0) is 0 Å². The smallest absolute Gasteiger partial charge is 0.146 e. The van der Waals surface area contributed by atoms with Gasteiger partial charge in [-0.25, -0.2) is 14.5 Å². The van der Waals surface area contributed by atoms with Crippen LogP contribution in [0.1, 0.15) is 11.5 Å². The number of fused-ring (bicyclic) bond motifs is 1. The number of aromatic nitrogens is 4. The number of hydrogen-bond acceptors (Lipinski definition) is 3. The second-order valence-corrected chi connectivity index (χ2v) is 2.47. The Kier molecular flexibility index (Phi) is 1.15. The van der Waals surface area contributed by atoms with Gasteiger partial charge in [-0.15, -0.1) is 0 Å². The van der Waals surface area contributed by atoms with Crippen LogP contribution < -0.4 is 0 Å². The Balaban J connectivity index is 2.91. The van der Waals surface area contributed by atoms with E-state index in [1.54, 1.807) is 17.0 Å². The zero-order valence-corrected chi connectivity index (χ0v) is 6.44. The maximum absolute atomic E-state index is 4.20. The number of imidazole rings is 1. The van der Waals surface area contributed by atoms with Crippen molar-refractivity contribution in [1.82, 2.24) is 19.6 Å². The van der Waals surface area contributed by atoms with Crippen LogP contribution in [0.3, 0.4) is 0 Å². The van der Waals surface area contributed by atoms with Gasteiger partial charge < -0.3 is 0 Å². The molecule has 2 aromatic rings. The third-order valence-corrected chi connectivity index (χ3v) is 1.57. The highest BCUT2D eigenvalue weighted by Gasteiger charge is 1.99. The van der Waals surface area contributed by atoms with E-state index < -0.39 is 0 Å². The van der Waals surface area contributed by atoms with Crippen molar-refractivity contribution in [1.29, 1.82) is 0 Å². The van der Waals surface area contributed by atoms with E-state index in [1.165, 1.54) is 0 Å². The van der Waals surface area contributed by atoms with Crippen molar-refractivity contribution in [3.05, 3.63) is 24.0 Å². The first-order chi connectivity index (χ1) is 5.27. The number of nitrogens with zero attached hydrogens (tertiary/aromatic N) is 4. The first-order valence-electron chi connectivity index (χ1n) is 3.41. The molecule has 0 bridgehead atoms. The zero-order valence-electron chi connectivity index (χ0n) is 6.44. The lowest BCUT2D eigenvalue weighted by Gasteiger charge is -1.97. The van der Waals surface area contributed by atoms with E-state index in [1.807, 2.05) is 13.8 Å². The van der Waals surface area contributed by atoms with Gasteiger partial charge in [-0.2, -0.15) is 5.10 Å². The van der Waals surface area contributed by atoms with E-state index in [4.69, 9.17) is 0 Å². The molecule has 0 saturated heterocycles. The summed E-state index contributed by atoms with van der Waals surface area (Å²) < 4.78 is 1.73. The highest BCUT2D eigenvalue weighted by molar-refractivity contribution is 5.47. The molecule has 0 atom stereocenters. The monoisotopic (exact) mass is 148 g/mol. The van der Waals surface area contributed by atoms with Gasteiger partial charge in [0, 0.05) is 0 Å². The van der Waals surface area contributed by atoms with Crippen molar-refractivity contribution in [3.63, 3.8) is 0 Å². The van der Waals surface area contributed by atoms with Gasteiger partial charge in [-0.05, 0) is 13.8 Å². The molecule has 0 unspecified atom stereocenters. The Morgan fingerprint density at radius 1 is 1.36 bits per heavy atom. The molecule has 0 spiro atoms. The first kappa shape index (κ1) is 6.27. The predicted molar refractivity (Wildman–Crippen MR) is 40.3 cm³/mol. The van der Waals surface area contributed by atoms with Crippen LogP contribution in [0.15, 0.2) is 12.5 Å². The lowest BCUT2D eigenvalue weighted by atomic mass is 10.4. The average molecular weight is 148 g/mol. The third-order valence-electron chi connectivity index (χ3n) is 1.57. The summed E-state index contributed by atoms with van der Waals surface area (Å²) in [6, 6.07) is 0. The molecule has 2 rings (SSSR count). The Labute approximate surface area is 63.9 Å². The van der Waals surface area contributed by atoms with E-state index in [0.29, 0.717) is 0 Å². The first-order valence-corrected chi connectivity index (χ1v) is 3.41. The highest BCUT2D eigenvalue weighted by Crippen LogP contribution is 2.03. The largest absolute Gasteiger partial charge is 0.242 e. The minimum atomic E-state index is 0.771. The van der Waals surface area contributed by atoms with Crippen molar-refractivity contribution in [3.8, 4) is 0 Å². The number of rotatable bonds is 0. The van der Waals surface area contributed by atoms with Gasteiger partial charge in [0.15, 0.2) is 0 Å². The number of aryl methyl sites for hydroxylation is 2. The average Bonchev–Trinajstić information content (AvgIpc) is 2.34. The summed E-state index contributed by atoms with van der Waals surface area (Å²) in [6.45, 7) is 3.82. The second-order valence-electron chi connectivity index (χ2n) is 2.47. The van der Waals surface area contributed by atoms with Gasteiger partial charge in [-0.1, -0.05) is 0 Å². The van der Waals surface area contributed by atoms with Crippen molar-refractivity contribution in [2.24, 2.45) is 0 Å². The minimum Gasteiger partial charge on any atom is -0.242 e. The predicted octanol–water partition coefficient (Wildman–Crippen LogP) is 0.741. The molecule has 4 nitrogen and oxygen atoms in total. The molecule has 0 radical (unpaired) electrons. The summed E-state index contributed by atoms with van der Waals surface area (Å²) >= 11 is 0. The van der Waals surface area contributed by atoms with Crippen LogP contribution in [0.5, 0.6) is 0 Å². The van der Waals surface area contributed by atoms with Gasteiger partial charge in [0.05, 0.1) is 11.9 Å². The Morgan fingerprint density at radius 2 is 2.18 bits per heavy atom. The van der Waals surface area contributed by atoms with Crippen LogP contribution in [0.2, 0.25) is 0 Å². The van der Waals surface area contributed by atoms with E-state index in [9.17, 15) is 0 Å². The lowest BCUT2D eigenvalue weighted by molar-refractivity contribution is 0.835. The second kappa shape index (κ2) is 2.02. The van der Waals surface area contributed by atoms with E-state index >= 15 is 0 Å². The van der Waals surface area contributed by atoms with Crippen molar-refractivity contribution in [2.45, 2.75) is 13.8 Å². The van der Waals surface area contributed by atoms with Crippen molar-refractivity contribution < 1.29 is 0 Å². The third kappa shape index (κ3) is 0.869. The van der Waals surface area contributed by atoms with E-state index in [0.717, 1.165) is 17.0 Å². The maximum atomic E-state index is 4.20. The van der Waals surface area contributed by atoms with E-state index in [2.05, 4.69) is 15.1 Å². The van der Waals surface area contributed by atoms with Crippen LogP contribution in [0.4, 0.5) is 0 Å². The summed E-state index contributed by atoms with van der Waals surface area (Å²) in [5.41, 5.74) is 1.94. The molecule has 2 aromatic heterocycles. The fraction of sp³-hybridized carbons (Fsp3) is 0.286. The molecule has 11 heavy (non-hydrogen) atoms. The van der Waals surface area contributed by atoms with Crippen LogP contribution >= 0.6 is 0 Å². The van der Waals surface area contributed by atoms with Gasteiger partial charge in [0.25, 0.3) is 0 Å². The minimum absolute atomic E-state index is 0.771. The molecular formula is C7H8N4.